The van der Waals surface area contributed by atoms with E-state index in [9.17, 15) is 14.9 Å². The fraction of sp³-hybridized carbons (Fsp3) is 0.211. The van der Waals surface area contributed by atoms with Crippen LogP contribution in [-0.2, 0) is 4.79 Å². The number of hydrogen-bond acceptors (Lipinski definition) is 7. The number of hydrogen-bond donors (Lipinski definition) is 1. The average molecular weight is 398 g/mol. The second-order valence-electron chi connectivity index (χ2n) is 5.98. The second kappa shape index (κ2) is 8.22. The van der Waals surface area contributed by atoms with Crippen molar-refractivity contribution in [1.82, 2.24) is 9.97 Å². The van der Waals surface area contributed by atoms with Crippen LogP contribution in [-0.4, -0.2) is 33.2 Å². The van der Waals surface area contributed by atoms with Crippen molar-refractivity contribution in [2.24, 2.45) is 0 Å². The van der Waals surface area contributed by atoms with Gasteiger partial charge in [-0.2, -0.15) is 0 Å². The van der Waals surface area contributed by atoms with E-state index < -0.39 is 10.2 Å². The summed E-state index contributed by atoms with van der Waals surface area (Å²) in [6.45, 7) is 3.55. The van der Waals surface area contributed by atoms with Crippen LogP contribution in [0.2, 0.25) is 0 Å². The van der Waals surface area contributed by atoms with Crippen molar-refractivity contribution < 1.29 is 14.5 Å². The molecular weight excluding hydrogens is 380 g/mol. The van der Waals surface area contributed by atoms with E-state index in [0.29, 0.717) is 16.6 Å². The van der Waals surface area contributed by atoms with Gasteiger partial charge in [0.15, 0.2) is 0 Å². The molecule has 0 fully saturated rings. The molecule has 0 saturated heterocycles. The summed E-state index contributed by atoms with van der Waals surface area (Å²) in [5.74, 6) is 0.651. The van der Waals surface area contributed by atoms with Crippen LogP contribution in [0.4, 0.5) is 11.4 Å². The van der Waals surface area contributed by atoms with Gasteiger partial charge in [0, 0.05) is 17.5 Å². The van der Waals surface area contributed by atoms with Gasteiger partial charge in [-0.05, 0) is 26.0 Å². The van der Waals surface area contributed by atoms with Crippen molar-refractivity contribution in [3.05, 3.63) is 58.4 Å². The zero-order valence-electron chi connectivity index (χ0n) is 15.5. The molecule has 8 nitrogen and oxygen atoms in total. The van der Waals surface area contributed by atoms with Gasteiger partial charge in [0.2, 0.25) is 5.91 Å². The van der Waals surface area contributed by atoms with Gasteiger partial charge in [0.25, 0.3) is 5.69 Å². The molecule has 3 aromatic rings. The number of thioether (sulfide) groups is 1. The van der Waals surface area contributed by atoms with E-state index in [4.69, 9.17) is 4.74 Å². The molecule has 1 amide bonds. The number of nitro benzene ring substituents is 1. The normalized spacial score (nSPS) is 11.8. The smallest absolute Gasteiger partial charge is 0.271 e. The number of nitrogens with one attached hydrogen (secondary N) is 1. The minimum Gasteiger partial charge on any atom is -0.495 e. The number of rotatable bonds is 6. The Morgan fingerprint density at radius 3 is 2.71 bits per heavy atom. The molecule has 28 heavy (non-hydrogen) atoms. The average Bonchev–Trinajstić information content (AvgIpc) is 2.67. The second-order valence-corrected chi connectivity index (χ2v) is 7.31. The van der Waals surface area contributed by atoms with Crippen molar-refractivity contribution in [2.75, 3.05) is 12.4 Å². The summed E-state index contributed by atoms with van der Waals surface area (Å²) < 4.78 is 5.19. The van der Waals surface area contributed by atoms with Crippen LogP contribution in [0.25, 0.3) is 10.9 Å². The molecule has 0 saturated carbocycles. The highest BCUT2D eigenvalue weighted by Crippen LogP contribution is 2.32. The number of carbonyl (C=O) groups is 1. The third-order valence-corrected chi connectivity index (χ3v) is 5.09. The Morgan fingerprint density at radius 2 is 2.00 bits per heavy atom. The van der Waals surface area contributed by atoms with Gasteiger partial charge in [0.05, 0.1) is 28.5 Å². The Labute approximate surface area is 165 Å². The number of anilines is 1. The topological polar surface area (TPSA) is 107 Å². The SMILES string of the molecule is COc1ccc([N+](=O)[O-])cc1NC(=O)[C@@H](C)Sc1nc(C)nc2ccccc12. The third-order valence-electron chi connectivity index (χ3n) is 3.99. The summed E-state index contributed by atoms with van der Waals surface area (Å²) in [4.78, 5) is 32.0. The quantitative estimate of drug-likeness (QED) is 0.290. The Balaban J connectivity index is 1.83. The molecule has 0 unspecified atom stereocenters. The van der Waals surface area contributed by atoms with Gasteiger partial charge in [-0.3, -0.25) is 14.9 Å². The van der Waals surface area contributed by atoms with Gasteiger partial charge in [-0.25, -0.2) is 9.97 Å². The Bertz CT molecular complexity index is 1060. The van der Waals surface area contributed by atoms with Crippen LogP contribution in [0.5, 0.6) is 5.75 Å². The predicted octanol–water partition coefficient (Wildman–Crippen LogP) is 3.97. The van der Waals surface area contributed by atoms with Gasteiger partial charge < -0.3 is 10.1 Å². The molecule has 1 N–H and O–H groups in total. The maximum absolute atomic E-state index is 12.7. The highest BCUT2D eigenvalue weighted by Gasteiger charge is 2.20. The number of nitrogens with zero attached hydrogens (tertiary/aromatic N) is 3. The fourth-order valence-electron chi connectivity index (χ4n) is 2.61. The first-order valence-corrected chi connectivity index (χ1v) is 9.30. The first kappa shape index (κ1) is 19.6. The number of methoxy groups -OCH3 is 1. The highest BCUT2D eigenvalue weighted by molar-refractivity contribution is 8.00. The van der Waals surface area contributed by atoms with Gasteiger partial charge >= 0.3 is 0 Å². The summed E-state index contributed by atoms with van der Waals surface area (Å²) in [6, 6.07) is 11.6. The molecular formula is C19H18N4O4S. The van der Waals surface area contributed by atoms with Crippen molar-refractivity contribution in [3.8, 4) is 5.75 Å². The molecule has 0 aliphatic rings. The third kappa shape index (κ3) is 4.20. The van der Waals surface area contributed by atoms with Crippen LogP contribution in [0.3, 0.4) is 0 Å². The van der Waals surface area contributed by atoms with E-state index in [2.05, 4.69) is 15.3 Å². The Kier molecular flexibility index (Phi) is 5.74. The predicted molar refractivity (Wildman–Crippen MR) is 108 cm³/mol. The first-order valence-electron chi connectivity index (χ1n) is 8.42. The molecule has 1 atom stereocenters. The van der Waals surface area contributed by atoms with E-state index in [-0.39, 0.29) is 17.3 Å². The minimum absolute atomic E-state index is 0.131. The van der Waals surface area contributed by atoms with Crippen LogP contribution in [0, 0.1) is 17.0 Å². The highest BCUT2D eigenvalue weighted by atomic mass is 32.2. The largest absolute Gasteiger partial charge is 0.495 e. The van der Waals surface area contributed by atoms with E-state index in [0.717, 1.165) is 10.9 Å². The number of para-hydroxylation sites is 1. The number of benzene rings is 2. The Hall–Kier alpha value is -3.20. The van der Waals surface area contributed by atoms with Crippen molar-refractivity contribution in [3.63, 3.8) is 0 Å². The number of aromatic nitrogens is 2. The number of non-ortho nitro benzene ring substituents is 1. The lowest BCUT2D eigenvalue weighted by atomic mass is 10.2. The maximum atomic E-state index is 12.7. The van der Waals surface area contributed by atoms with E-state index in [1.807, 2.05) is 24.3 Å². The van der Waals surface area contributed by atoms with Gasteiger partial charge in [-0.1, -0.05) is 30.0 Å². The van der Waals surface area contributed by atoms with Crippen LogP contribution in [0.1, 0.15) is 12.7 Å². The summed E-state index contributed by atoms with van der Waals surface area (Å²) in [5.41, 5.74) is 0.928. The maximum Gasteiger partial charge on any atom is 0.271 e. The standard InChI is InChI=1S/C19H18N4O4S/c1-11(28-19-14-6-4-5-7-15(14)20-12(2)21-19)18(24)22-16-10-13(23(25)26)8-9-17(16)27-3/h4-11H,1-3H3,(H,22,24)/t11-/m1/s1. The monoisotopic (exact) mass is 398 g/mol. The fourth-order valence-corrected chi connectivity index (χ4v) is 3.60. The van der Waals surface area contributed by atoms with Crippen molar-refractivity contribution in [2.45, 2.75) is 24.1 Å². The summed E-state index contributed by atoms with van der Waals surface area (Å²) in [7, 11) is 1.44. The first-order chi connectivity index (χ1) is 13.4. The van der Waals surface area contributed by atoms with Crippen LogP contribution < -0.4 is 10.1 Å². The molecule has 144 valence electrons. The summed E-state index contributed by atoms with van der Waals surface area (Å²) in [6.07, 6.45) is 0. The number of nitro groups is 1. The van der Waals surface area contributed by atoms with Crippen LogP contribution in [0.15, 0.2) is 47.5 Å². The van der Waals surface area contributed by atoms with Gasteiger partial charge in [0.1, 0.15) is 16.6 Å². The summed E-state index contributed by atoms with van der Waals surface area (Å²) in [5, 5.41) is 14.8. The molecule has 0 aliphatic carbocycles. The number of ether oxygens (including phenoxy) is 1. The summed E-state index contributed by atoms with van der Waals surface area (Å²) >= 11 is 1.30. The number of amides is 1. The van der Waals surface area contributed by atoms with E-state index >= 15 is 0 Å². The lowest BCUT2D eigenvalue weighted by Gasteiger charge is -2.15. The lowest BCUT2D eigenvalue weighted by Crippen LogP contribution is -2.23. The molecule has 9 heteroatoms. The lowest BCUT2D eigenvalue weighted by molar-refractivity contribution is -0.384. The van der Waals surface area contributed by atoms with Crippen molar-refractivity contribution in [1.29, 1.82) is 0 Å². The molecule has 1 heterocycles. The van der Waals surface area contributed by atoms with Gasteiger partial charge in [-0.15, -0.1) is 0 Å². The minimum atomic E-state index is -0.525. The molecule has 3 rings (SSSR count). The number of fused-ring (bicyclic) bond motifs is 1. The molecule has 0 spiro atoms. The zero-order valence-corrected chi connectivity index (χ0v) is 16.3. The number of aryl methyl sites for hydroxylation is 1. The Morgan fingerprint density at radius 1 is 1.25 bits per heavy atom. The van der Waals surface area contributed by atoms with E-state index in [1.54, 1.807) is 13.8 Å². The number of carbonyl (C=O) groups excluding carboxylic acids is 1. The van der Waals surface area contributed by atoms with Crippen molar-refractivity contribution >= 4 is 39.9 Å². The molecule has 0 aliphatic heterocycles. The van der Waals surface area contributed by atoms with E-state index in [1.165, 1.54) is 37.1 Å². The molecule has 0 bridgehead atoms. The molecule has 2 aromatic carbocycles. The zero-order chi connectivity index (χ0) is 20.3. The molecule has 0 radical (unpaired) electrons. The molecule has 1 aromatic heterocycles. The van der Waals surface area contributed by atoms with Crippen LogP contribution >= 0.6 is 11.8 Å².